The maximum absolute atomic E-state index is 10.4. The van der Waals surface area contributed by atoms with Gasteiger partial charge in [0, 0.05) is 12.3 Å². The molecule has 1 unspecified atom stereocenters. The predicted octanol–water partition coefficient (Wildman–Crippen LogP) is 3.48. The van der Waals surface area contributed by atoms with Gasteiger partial charge < -0.3 is 10.4 Å². The monoisotopic (exact) mass is 301 g/mol. The van der Waals surface area contributed by atoms with Crippen molar-refractivity contribution in [2.24, 2.45) is 0 Å². The molecule has 0 saturated carbocycles. The first-order valence-corrected chi connectivity index (χ1v) is 8.56. The number of rotatable bonds is 7. The van der Waals surface area contributed by atoms with Crippen molar-refractivity contribution in [3.05, 3.63) is 71.8 Å². The molecule has 0 aliphatic heterocycles. The van der Waals surface area contributed by atoms with Crippen LogP contribution in [0.4, 0.5) is 0 Å². The summed E-state index contributed by atoms with van der Waals surface area (Å²) in [6, 6.07) is 20.8. The topological polar surface area (TPSA) is 32.3 Å². The molecule has 0 aromatic heterocycles. The van der Waals surface area contributed by atoms with Crippen LogP contribution >= 0.6 is 11.8 Å². The van der Waals surface area contributed by atoms with Gasteiger partial charge >= 0.3 is 0 Å². The first-order chi connectivity index (χ1) is 10.1. The number of hydrogen-bond donors (Lipinski definition) is 2. The first kappa shape index (κ1) is 16.1. The van der Waals surface area contributed by atoms with E-state index in [-0.39, 0.29) is 6.04 Å². The van der Waals surface area contributed by atoms with Gasteiger partial charge in [0.15, 0.2) is 0 Å². The molecule has 2 N–H and O–H groups in total. The minimum atomic E-state index is -0.707. The van der Waals surface area contributed by atoms with E-state index < -0.39 is 5.60 Å². The lowest BCUT2D eigenvalue weighted by molar-refractivity contribution is 0.0828. The van der Waals surface area contributed by atoms with E-state index in [0.717, 1.165) is 5.75 Å². The lowest BCUT2D eigenvalue weighted by atomic mass is 9.98. The van der Waals surface area contributed by atoms with Crippen molar-refractivity contribution in [2.45, 2.75) is 18.6 Å². The molecule has 112 valence electrons. The van der Waals surface area contributed by atoms with Crippen molar-refractivity contribution < 1.29 is 5.11 Å². The third kappa shape index (κ3) is 4.88. The summed E-state index contributed by atoms with van der Waals surface area (Å²) in [6.45, 7) is 2.44. The van der Waals surface area contributed by atoms with Crippen LogP contribution in [0.2, 0.25) is 0 Å². The molecule has 0 fully saturated rings. The van der Waals surface area contributed by atoms with Crippen molar-refractivity contribution in [1.29, 1.82) is 0 Å². The van der Waals surface area contributed by atoms with Crippen molar-refractivity contribution in [3.8, 4) is 0 Å². The minimum Gasteiger partial charge on any atom is -0.388 e. The first-order valence-electron chi connectivity index (χ1n) is 7.17. The molecule has 1 atom stereocenters. The molecule has 0 bridgehead atoms. The highest BCUT2D eigenvalue weighted by Crippen LogP contribution is 2.22. The molecule has 0 saturated heterocycles. The van der Waals surface area contributed by atoms with Gasteiger partial charge in [0.05, 0.1) is 11.6 Å². The van der Waals surface area contributed by atoms with Gasteiger partial charge in [-0.2, -0.15) is 11.8 Å². The predicted molar refractivity (Wildman–Crippen MR) is 91.7 cm³/mol. The van der Waals surface area contributed by atoms with Gasteiger partial charge in [-0.15, -0.1) is 0 Å². The Morgan fingerprint density at radius 1 is 1.00 bits per heavy atom. The molecule has 21 heavy (non-hydrogen) atoms. The van der Waals surface area contributed by atoms with E-state index in [1.54, 1.807) is 11.8 Å². The van der Waals surface area contributed by atoms with Crippen LogP contribution in [0.1, 0.15) is 24.1 Å². The van der Waals surface area contributed by atoms with Crippen molar-refractivity contribution in [2.75, 3.05) is 18.6 Å². The van der Waals surface area contributed by atoms with Gasteiger partial charge in [0.2, 0.25) is 0 Å². The lowest BCUT2D eigenvalue weighted by Gasteiger charge is -2.27. The third-order valence-electron chi connectivity index (χ3n) is 3.41. The van der Waals surface area contributed by atoms with Gasteiger partial charge in [-0.1, -0.05) is 60.7 Å². The fourth-order valence-electron chi connectivity index (χ4n) is 2.40. The molecule has 0 heterocycles. The van der Waals surface area contributed by atoms with Crippen molar-refractivity contribution in [1.82, 2.24) is 5.32 Å². The molecular weight excluding hydrogens is 278 g/mol. The van der Waals surface area contributed by atoms with Gasteiger partial charge in [-0.3, -0.25) is 0 Å². The lowest BCUT2D eigenvalue weighted by Crippen LogP contribution is -2.41. The maximum atomic E-state index is 10.4. The number of hydrogen-bond acceptors (Lipinski definition) is 3. The molecule has 2 nitrogen and oxygen atoms in total. The van der Waals surface area contributed by atoms with E-state index in [1.807, 2.05) is 49.6 Å². The number of nitrogens with one attached hydrogen (secondary N) is 1. The summed E-state index contributed by atoms with van der Waals surface area (Å²) in [5, 5.41) is 13.9. The molecule has 0 aliphatic carbocycles. The minimum absolute atomic E-state index is 0.0979. The molecule has 3 heteroatoms. The van der Waals surface area contributed by atoms with Gasteiger partial charge in [0.1, 0.15) is 0 Å². The van der Waals surface area contributed by atoms with E-state index in [4.69, 9.17) is 0 Å². The molecule has 0 spiro atoms. The molecule has 0 aliphatic rings. The Bertz CT molecular complexity index is 488. The van der Waals surface area contributed by atoms with Crippen LogP contribution in [-0.4, -0.2) is 29.3 Å². The highest BCUT2D eigenvalue weighted by Gasteiger charge is 2.22. The van der Waals surface area contributed by atoms with Crippen LogP contribution in [0, 0.1) is 0 Å². The molecular formula is C18H23NOS. The summed E-state index contributed by atoms with van der Waals surface area (Å²) in [5.41, 5.74) is 1.72. The second-order valence-electron chi connectivity index (χ2n) is 5.57. The fourth-order valence-corrected chi connectivity index (χ4v) is 3.13. The van der Waals surface area contributed by atoms with E-state index in [1.165, 1.54) is 11.1 Å². The summed E-state index contributed by atoms with van der Waals surface area (Å²) in [6.07, 6.45) is 2.01. The van der Waals surface area contributed by atoms with E-state index in [2.05, 4.69) is 29.6 Å². The Morgan fingerprint density at radius 3 is 1.90 bits per heavy atom. The van der Waals surface area contributed by atoms with Crippen LogP contribution in [0.3, 0.4) is 0 Å². The second-order valence-corrected chi connectivity index (χ2v) is 6.43. The van der Waals surface area contributed by atoms with Crippen LogP contribution in [0.25, 0.3) is 0 Å². The average Bonchev–Trinajstić information content (AvgIpc) is 2.49. The van der Waals surface area contributed by atoms with Crippen molar-refractivity contribution in [3.63, 3.8) is 0 Å². The zero-order chi connectivity index (χ0) is 15.1. The van der Waals surface area contributed by atoms with E-state index >= 15 is 0 Å². The van der Waals surface area contributed by atoms with Gasteiger partial charge in [-0.25, -0.2) is 0 Å². The van der Waals surface area contributed by atoms with Crippen molar-refractivity contribution >= 4 is 11.8 Å². The smallest absolute Gasteiger partial charge is 0.0833 e. The largest absolute Gasteiger partial charge is 0.388 e. The summed E-state index contributed by atoms with van der Waals surface area (Å²) < 4.78 is 0. The zero-order valence-corrected chi connectivity index (χ0v) is 13.4. The number of benzene rings is 2. The van der Waals surface area contributed by atoms with Crippen LogP contribution in [-0.2, 0) is 0 Å². The Hall–Kier alpha value is -1.29. The molecule has 0 radical (unpaired) electrons. The summed E-state index contributed by atoms with van der Waals surface area (Å²) in [7, 11) is 0. The molecule has 0 amide bonds. The maximum Gasteiger partial charge on any atom is 0.0833 e. The van der Waals surface area contributed by atoms with Crippen LogP contribution in [0.5, 0.6) is 0 Å². The quantitative estimate of drug-likeness (QED) is 0.821. The van der Waals surface area contributed by atoms with Crippen LogP contribution in [0.15, 0.2) is 60.7 Å². The molecule has 2 aromatic rings. The number of thioether (sulfide) groups is 1. The number of aliphatic hydroxyl groups is 1. The normalized spacial score (nSPS) is 14.1. The fraction of sp³-hybridized carbons (Fsp3) is 0.333. The van der Waals surface area contributed by atoms with Crippen LogP contribution < -0.4 is 5.32 Å². The summed E-state index contributed by atoms with van der Waals surface area (Å²) >= 11 is 1.66. The standard InChI is InChI=1S/C18H23NOS/c1-18(20,14-21-2)13-19-17(15-9-5-3-6-10-15)16-11-7-4-8-12-16/h3-12,17,19-20H,13-14H2,1-2H3. The highest BCUT2D eigenvalue weighted by molar-refractivity contribution is 7.98. The summed E-state index contributed by atoms with van der Waals surface area (Å²) in [4.78, 5) is 0. The van der Waals surface area contributed by atoms with E-state index in [0.29, 0.717) is 6.54 Å². The zero-order valence-electron chi connectivity index (χ0n) is 12.6. The SMILES string of the molecule is CSCC(C)(O)CNC(c1ccccc1)c1ccccc1. The average molecular weight is 301 g/mol. The Kier molecular flexibility index (Phi) is 5.85. The third-order valence-corrected chi connectivity index (χ3v) is 4.32. The molecule has 2 rings (SSSR count). The Labute approximate surface area is 131 Å². The Morgan fingerprint density at radius 2 is 1.48 bits per heavy atom. The second kappa shape index (κ2) is 7.64. The van der Waals surface area contributed by atoms with Gasteiger partial charge in [-0.05, 0) is 24.3 Å². The Balaban J connectivity index is 2.18. The van der Waals surface area contributed by atoms with E-state index in [9.17, 15) is 5.11 Å². The summed E-state index contributed by atoms with van der Waals surface area (Å²) in [5.74, 6) is 0.719. The highest BCUT2D eigenvalue weighted by atomic mass is 32.2. The van der Waals surface area contributed by atoms with Gasteiger partial charge in [0.25, 0.3) is 0 Å². The molecule has 2 aromatic carbocycles.